The summed E-state index contributed by atoms with van der Waals surface area (Å²) in [5.41, 5.74) is 8.58. The molecule has 0 bridgehead atoms. The molecule has 0 amide bonds. The van der Waals surface area contributed by atoms with Crippen LogP contribution in [0.2, 0.25) is 0 Å². The second-order valence-electron chi connectivity index (χ2n) is 5.76. The lowest BCUT2D eigenvalue weighted by Gasteiger charge is -2.03. The van der Waals surface area contributed by atoms with Gasteiger partial charge in [-0.05, 0) is 56.2 Å². The number of aryl methyl sites for hydroxylation is 3. The van der Waals surface area contributed by atoms with E-state index in [-0.39, 0.29) is 11.1 Å². The molecule has 4 N–H and O–H groups in total. The molecule has 6 nitrogen and oxygen atoms in total. The maximum absolute atomic E-state index is 11.5. The van der Waals surface area contributed by atoms with E-state index in [2.05, 4.69) is 41.8 Å². The van der Waals surface area contributed by atoms with Crippen LogP contribution in [0, 0.1) is 20.8 Å². The van der Waals surface area contributed by atoms with Crippen LogP contribution in [0.15, 0.2) is 38.0 Å². The number of rotatable bonds is 1. The molecule has 0 unspecified atom stereocenters. The Labute approximate surface area is 166 Å². The zero-order valence-electron chi connectivity index (χ0n) is 14.4. The van der Waals surface area contributed by atoms with E-state index in [0.29, 0.717) is 16.9 Å². The lowest BCUT2D eigenvalue weighted by atomic mass is 10.1. The second kappa shape index (κ2) is 8.01. The third kappa shape index (κ3) is 4.50. The number of aromatic nitrogens is 2. The number of fused-ring (bicyclic) bond motifs is 1. The fourth-order valence-electron chi connectivity index (χ4n) is 2.27. The number of H-pyrrole nitrogens is 1. The molecule has 26 heavy (non-hydrogen) atoms. The monoisotopic (exact) mass is 481 g/mol. The number of nitrogen functional groups attached to an aromatic ring is 1. The highest BCUT2D eigenvalue weighted by Crippen LogP contribution is 2.23. The summed E-state index contributed by atoms with van der Waals surface area (Å²) in [6, 6.07) is 6.85. The van der Waals surface area contributed by atoms with E-state index in [1.54, 1.807) is 19.1 Å². The summed E-state index contributed by atoms with van der Waals surface area (Å²) in [7, 11) is 0. The van der Waals surface area contributed by atoms with E-state index in [0.717, 1.165) is 25.6 Å². The molecule has 0 atom stereocenters. The molecule has 1 aromatic heterocycles. The largest absolute Gasteiger partial charge is 0.478 e. The molecule has 0 aliphatic heterocycles. The molecule has 3 aromatic rings. The number of nitrogens with one attached hydrogen (secondary N) is 1. The van der Waals surface area contributed by atoms with E-state index in [1.807, 2.05) is 19.9 Å². The summed E-state index contributed by atoms with van der Waals surface area (Å²) in [5, 5.41) is 9.30. The van der Waals surface area contributed by atoms with Crippen molar-refractivity contribution in [3.63, 3.8) is 0 Å². The van der Waals surface area contributed by atoms with Crippen molar-refractivity contribution in [3.05, 3.63) is 66.1 Å². The van der Waals surface area contributed by atoms with Gasteiger partial charge in [0.2, 0.25) is 0 Å². The summed E-state index contributed by atoms with van der Waals surface area (Å²) in [5.74, 6) is -0.363. The SMILES string of the molecule is Cc1cc(N)c(C(=O)O)cc1Br.Cc1nc2cc(C)c(Br)cc2c(=O)[nH]1. The van der Waals surface area contributed by atoms with Gasteiger partial charge >= 0.3 is 5.97 Å². The van der Waals surface area contributed by atoms with Crippen LogP contribution in [0.5, 0.6) is 0 Å². The van der Waals surface area contributed by atoms with Gasteiger partial charge < -0.3 is 15.8 Å². The van der Waals surface area contributed by atoms with Crippen molar-refractivity contribution < 1.29 is 9.90 Å². The van der Waals surface area contributed by atoms with Gasteiger partial charge in [0.15, 0.2) is 0 Å². The quantitative estimate of drug-likeness (QED) is 0.447. The zero-order chi connectivity index (χ0) is 19.6. The predicted octanol–water partition coefficient (Wildman–Crippen LogP) is 4.34. The summed E-state index contributed by atoms with van der Waals surface area (Å²) >= 11 is 6.62. The summed E-state index contributed by atoms with van der Waals surface area (Å²) in [6.07, 6.45) is 0. The van der Waals surface area contributed by atoms with Gasteiger partial charge in [0.05, 0.1) is 16.5 Å². The van der Waals surface area contributed by atoms with Crippen LogP contribution in [-0.4, -0.2) is 21.0 Å². The van der Waals surface area contributed by atoms with Crippen LogP contribution in [0.4, 0.5) is 5.69 Å². The molecule has 0 saturated carbocycles. The van der Waals surface area contributed by atoms with Gasteiger partial charge in [-0.3, -0.25) is 4.79 Å². The maximum atomic E-state index is 11.5. The number of aromatic amines is 1. The average molecular weight is 483 g/mol. The van der Waals surface area contributed by atoms with Crippen molar-refractivity contribution in [2.24, 2.45) is 0 Å². The van der Waals surface area contributed by atoms with Crippen LogP contribution in [0.25, 0.3) is 10.9 Å². The third-order valence-corrected chi connectivity index (χ3v) is 5.37. The normalized spacial score (nSPS) is 10.3. The summed E-state index contributed by atoms with van der Waals surface area (Å²) in [4.78, 5) is 29.1. The first-order valence-corrected chi connectivity index (χ1v) is 9.14. The number of carboxylic acids is 1. The van der Waals surface area contributed by atoms with Crippen molar-refractivity contribution in [2.45, 2.75) is 20.8 Å². The Bertz CT molecular complexity index is 1060. The lowest BCUT2D eigenvalue weighted by Crippen LogP contribution is -2.09. The molecule has 0 saturated heterocycles. The highest BCUT2D eigenvalue weighted by molar-refractivity contribution is 9.10. The van der Waals surface area contributed by atoms with E-state index in [9.17, 15) is 9.59 Å². The molecule has 2 aromatic carbocycles. The van der Waals surface area contributed by atoms with E-state index < -0.39 is 5.97 Å². The molecular weight excluding hydrogens is 466 g/mol. The Balaban J connectivity index is 0.000000190. The van der Waals surface area contributed by atoms with Gasteiger partial charge in [0.25, 0.3) is 5.56 Å². The van der Waals surface area contributed by atoms with Gasteiger partial charge in [-0.2, -0.15) is 0 Å². The van der Waals surface area contributed by atoms with Crippen LogP contribution >= 0.6 is 31.9 Å². The van der Waals surface area contributed by atoms with Crippen LogP contribution in [0.1, 0.15) is 27.3 Å². The minimum absolute atomic E-state index is 0.0896. The van der Waals surface area contributed by atoms with E-state index in [1.165, 1.54) is 6.07 Å². The number of halogens is 2. The molecule has 0 spiro atoms. The molecule has 0 radical (unpaired) electrons. The van der Waals surface area contributed by atoms with Crippen molar-refractivity contribution in [1.29, 1.82) is 0 Å². The number of hydrogen-bond donors (Lipinski definition) is 3. The van der Waals surface area contributed by atoms with Crippen LogP contribution in [0.3, 0.4) is 0 Å². The number of anilines is 1. The number of nitrogens with two attached hydrogens (primary N) is 1. The molecule has 8 heteroatoms. The number of carboxylic acid groups (broad SMARTS) is 1. The fourth-order valence-corrected chi connectivity index (χ4v) is 2.96. The third-order valence-electron chi connectivity index (χ3n) is 3.67. The maximum Gasteiger partial charge on any atom is 0.337 e. The van der Waals surface area contributed by atoms with Crippen molar-refractivity contribution >= 4 is 54.4 Å². The lowest BCUT2D eigenvalue weighted by molar-refractivity contribution is 0.0698. The Hall–Kier alpha value is -2.19. The molecule has 0 aliphatic rings. The van der Waals surface area contributed by atoms with Gasteiger partial charge in [0.1, 0.15) is 5.82 Å². The number of carbonyl (C=O) groups is 1. The smallest absolute Gasteiger partial charge is 0.337 e. The first-order valence-electron chi connectivity index (χ1n) is 7.56. The van der Waals surface area contributed by atoms with Gasteiger partial charge in [-0.15, -0.1) is 0 Å². The predicted molar refractivity (Wildman–Crippen MR) is 110 cm³/mol. The number of hydrogen-bond acceptors (Lipinski definition) is 4. The van der Waals surface area contributed by atoms with Crippen LogP contribution in [-0.2, 0) is 0 Å². The first-order chi connectivity index (χ1) is 12.1. The molecule has 0 aliphatic carbocycles. The highest BCUT2D eigenvalue weighted by atomic mass is 79.9. The molecular formula is C18H17Br2N3O3. The molecule has 1 heterocycles. The van der Waals surface area contributed by atoms with Gasteiger partial charge in [0, 0.05) is 14.6 Å². The minimum atomic E-state index is -1.01. The highest BCUT2D eigenvalue weighted by Gasteiger charge is 2.09. The second-order valence-corrected chi connectivity index (χ2v) is 7.47. The number of aromatic carboxylic acids is 1. The Morgan fingerprint density at radius 2 is 1.65 bits per heavy atom. The summed E-state index contributed by atoms with van der Waals surface area (Å²) in [6.45, 7) is 5.60. The average Bonchev–Trinajstić information content (AvgIpc) is 2.53. The Kier molecular flexibility index (Phi) is 6.20. The zero-order valence-corrected chi connectivity index (χ0v) is 17.5. The first kappa shape index (κ1) is 20.1. The standard InChI is InChI=1S/C10H9BrN2O.C8H8BrNO2/c1-5-3-9-7(4-8(5)11)10(14)13-6(2)12-9;1-4-2-7(10)5(8(11)12)3-6(4)9/h3-4H,1-2H3,(H,12,13,14);2-3H,10H2,1H3,(H,11,12). The summed E-state index contributed by atoms with van der Waals surface area (Å²) < 4.78 is 1.69. The minimum Gasteiger partial charge on any atom is -0.478 e. The van der Waals surface area contributed by atoms with Gasteiger partial charge in [-0.25, -0.2) is 9.78 Å². The van der Waals surface area contributed by atoms with Crippen molar-refractivity contribution in [2.75, 3.05) is 5.73 Å². The Morgan fingerprint density at radius 1 is 1.08 bits per heavy atom. The van der Waals surface area contributed by atoms with E-state index in [4.69, 9.17) is 10.8 Å². The van der Waals surface area contributed by atoms with Crippen molar-refractivity contribution in [1.82, 2.24) is 9.97 Å². The molecule has 136 valence electrons. The van der Waals surface area contributed by atoms with Gasteiger partial charge in [-0.1, -0.05) is 31.9 Å². The van der Waals surface area contributed by atoms with E-state index >= 15 is 0 Å². The van der Waals surface area contributed by atoms with Crippen molar-refractivity contribution in [3.8, 4) is 0 Å². The fraction of sp³-hybridized carbons (Fsp3) is 0.167. The number of nitrogens with zero attached hydrogens (tertiary/aromatic N) is 1. The topological polar surface area (TPSA) is 109 Å². The Morgan fingerprint density at radius 3 is 2.27 bits per heavy atom. The number of benzene rings is 2. The molecule has 0 fully saturated rings. The van der Waals surface area contributed by atoms with Crippen LogP contribution < -0.4 is 11.3 Å². The molecule has 3 rings (SSSR count).